The molecule has 70 valence electrons. The Morgan fingerprint density at radius 2 is 2.00 bits per heavy atom. The smallest absolute Gasteiger partial charge is 0.110 e. The van der Waals surface area contributed by atoms with Crippen molar-refractivity contribution in [1.29, 1.82) is 5.53 Å². The molecule has 0 aliphatic rings. The van der Waals surface area contributed by atoms with E-state index in [1.807, 2.05) is 43.3 Å². The van der Waals surface area contributed by atoms with Crippen LogP contribution in [0.5, 0.6) is 0 Å². The Labute approximate surface area is 82.3 Å². The Morgan fingerprint density at radius 3 is 2.79 bits per heavy atom. The summed E-state index contributed by atoms with van der Waals surface area (Å²) < 4.78 is 0. The summed E-state index contributed by atoms with van der Waals surface area (Å²) in [7, 11) is 0. The molecule has 0 radical (unpaired) electrons. The highest BCUT2D eigenvalue weighted by atomic mass is 15.0. The van der Waals surface area contributed by atoms with E-state index in [-0.39, 0.29) is 6.04 Å². The predicted molar refractivity (Wildman–Crippen MR) is 55.3 cm³/mol. The third-order valence-corrected chi connectivity index (χ3v) is 2.24. The van der Waals surface area contributed by atoms with E-state index >= 15 is 0 Å². The van der Waals surface area contributed by atoms with Gasteiger partial charge in [0.15, 0.2) is 0 Å². The lowest BCUT2D eigenvalue weighted by molar-refractivity contribution is 0.713. The molecule has 1 N–H and O–H groups in total. The molecule has 0 saturated heterocycles. The first-order valence-electron chi connectivity index (χ1n) is 4.53. The highest BCUT2D eigenvalue weighted by molar-refractivity contribution is 5.78. The minimum absolute atomic E-state index is 0.153. The Kier molecular flexibility index (Phi) is 2.23. The fourth-order valence-electron chi connectivity index (χ4n) is 1.38. The van der Waals surface area contributed by atoms with E-state index in [4.69, 9.17) is 5.53 Å². The second-order valence-corrected chi connectivity index (χ2v) is 3.23. The maximum absolute atomic E-state index is 6.94. The zero-order valence-electron chi connectivity index (χ0n) is 7.94. The van der Waals surface area contributed by atoms with Gasteiger partial charge in [-0.15, -0.1) is 0 Å². The first-order valence-corrected chi connectivity index (χ1v) is 4.53. The van der Waals surface area contributed by atoms with Gasteiger partial charge in [-0.3, -0.25) is 4.98 Å². The molecule has 0 aliphatic heterocycles. The van der Waals surface area contributed by atoms with E-state index in [0.717, 1.165) is 16.6 Å². The summed E-state index contributed by atoms with van der Waals surface area (Å²) in [5.74, 6) is 0. The van der Waals surface area contributed by atoms with Crippen LogP contribution in [-0.2, 0) is 0 Å². The summed E-state index contributed by atoms with van der Waals surface area (Å²) in [5, 5.41) is 4.57. The molecule has 0 spiro atoms. The van der Waals surface area contributed by atoms with Crippen LogP contribution in [0, 0.1) is 5.53 Å². The highest BCUT2D eigenvalue weighted by Crippen LogP contribution is 2.18. The van der Waals surface area contributed by atoms with Gasteiger partial charge >= 0.3 is 0 Å². The Balaban J connectivity index is 2.56. The molecule has 0 amide bonds. The van der Waals surface area contributed by atoms with Gasteiger partial charge in [-0.25, -0.2) is 5.53 Å². The Hall–Kier alpha value is -1.77. The average molecular weight is 185 g/mol. The van der Waals surface area contributed by atoms with Gasteiger partial charge in [0.1, 0.15) is 6.04 Å². The average Bonchev–Trinajstić information content (AvgIpc) is 2.27. The Bertz CT molecular complexity index is 465. The van der Waals surface area contributed by atoms with E-state index in [1.165, 1.54) is 0 Å². The van der Waals surface area contributed by atoms with E-state index < -0.39 is 0 Å². The number of nitrogens with zero attached hydrogens (tertiary/aromatic N) is 2. The molecular weight excluding hydrogens is 174 g/mol. The molecule has 0 bridgehead atoms. The number of pyridine rings is 1. The molecule has 3 heteroatoms. The van der Waals surface area contributed by atoms with E-state index in [2.05, 4.69) is 10.1 Å². The molecule has 0 fully saturated rings. The van der Waals surface area contributed by atoms with Crippen molar-refractivity contribution in [3.05, 3.63) is 42.1 Å². The number of rotatable bonds is 2. The number of benzene rings is 1. The third kappa shape index (κ3) is 1.48. The molecule has 1 aromatic carbocycles. The van der Waals surface area contributed by atoms with Gasteiger partial charge in [-0.2, -0.15) is 5.11 Å². The number of hydrogen-bond donors (Lipinski definition) is 1. The van der Waals surface area contributed by atoms with E-state index in [9.17, 15) is 0 Å². The summed E-state index contributed by atoms with van der Waals surface area (Å²) in [6, 6.07) is 11.7. The normalized spacial score (nSPS) is 12.6. The van der Waals surface area contributed by atoms with Crippen LogP contribution >= 0.6 is 0 Å². The zero-order chi connectivity index (χ0) is 9.97. The molecule has 1 aromatic heterocycles. The number of aromatic nitrogens is 1. The number of nitrogens with one attached hydrogen (secondary N) is 1. The minimum Gasteiger partial charge on any atom is -0.250 e. The largest absolute Gasteiger partial charge is 0.250 e. The summed E-state index contributed by atoms with van der Waals surface area (Å²) in [4.78, 5) is 4.43. The van der Waals surface area contributed by atoms with Gasteiger partial charge in [0.2, 0.25) is 0 Å². The summed E-state index contributed by atoms with van der Waals surface area (Å²) in [6.45, 7) is 1.87. The van der Waals surface area contributed by atoms with Crippen LogP contribution in [0.4, 0.5) is 0 Å². The van der Waals surface area contributed by atoms with Crippen molar-refractivity contribution in [2.24, 2.45) is 5.11 Å². The van der Waals surface area contributed by atoms with Crippen molar-refractivity contribution in [2.75, 3.05) is 0 Å². The van der Waals surface area contributed by atoms with Crippen LogP contribution in [0.15, 0.2) is 41.5 Å². The fourth-order valence-corrected chi connectivity index (χ4v) is 1.38. The van der Waals surface area contributed by atoms with Gasteiger partial charge < -0.3 is 0 Å². The van der Waals surface area contributed by atoms with Crippen molar-refractivity contribution in [1.82, 2.24) is 4.98 Å². The number of para-hydroxylation sites is 1. The molecule has 2 rings (SSSR count). The van der Waals surface area contributed by atoms with Gasteiger partial charge in [0.25, 0.3) is 0 Å². The molecule has 1 unspecified atom stereocenters. The molecule has 2 aromatic rings. The van der Waals surface area contributed by atoms with Gasteiger partial charge in [0, 0.05) is 5.39 Å². The second kappa shape index (κ2) is 3.54. The monoisotopic (exact) mass is 185 g/mol. The predicted octanol–water partition coefficient (Wildman–Crippen LogP) is 3.33. The van der Waals surface area contributed by atoms with Crippen molar-refractivity contribution >= 4 is 10.9 Å². The van der Waals surface area contributed by atoms with Gasteiger partial charge in [-0.1, -0.05) is 24.3 Å². The SMILES string of the molecule is CC(N=N)c1ccc2ccccc2n1. The van der Waals surface area contributed by atoms with Crippen molar-refractivity contribution in [3.63, 3.8) is 0 Å². The second-order valence-electron chi connectivity index (χ2n) is 3.23. The molecule has 0 saturated carbocycles. The molecular formula is C11H11N3. The molecule has 1 atom stereocenters. The quantitative estimate of drug-likeness (QED) is 0.717. The first kappa shape index (κ1) is 8.81. The topological polar surface area (TPSA) is 49.1 Å². The van der Waals surface area contributed by atoms with Crippen LogP contribution < -0.4 is 0 Å². The van der Waals surface area contributed by atoms with Gasteiger partial charge in [0.05, 0.1) is 11.2 Å². The van der Waals surface area contributed by atoms with Crippen LogP contribution in [0.1, 0.15) is 18.7 Å². The van der Waals surface area contributed by atoms with Crippen LogP contribution in [0.25, 0.3) is 10.9 Å². The lowest BCUT2D eigenvalue weighted by atomic mass is 10.1. The third-order valence-electron chi connectivity index (χ3n) is 2.24. The van der Waals surface area contributed by atoms with E-state index in [1.54, 1.807) is 0 Å². The maximum Gasteiger partial charge on any atom is 0.110 e. The Morgan fingerprint density at radius 1 is 1.21 bits per heavy atom. The highest BCUT2D eigenvalue weighted by Gasteiger charge is 2.04. The molecule has 0 aliphatic carbocycles. The van der Waals surface area contributed by atoms with Crippen LogP contribution in [0.2, 0.25) is 0 Å². The summed E-state index contributed by atoms with van der Waals surface area (Å²) >= 11 is 0. The first-order chi connectivity index (χ1) is 6.81. The van der Waals surface area contributed by atoms with Crippen LogP contribution in [0.3, 0.4) is 0 Å². The number of hydrogen-bond acceptors (Lipinski definition) is 3. The lowest BCUT2D eigenvalue weighted by Gasteiger charge is -2.04. The lowest BCUT2D eigenvalue weighted by Crippen LogP contribution is -1.92. The van der Waals surface area contributed by atoms with Gasteiger partial charge in [-0.05, 0) is 19.1 Å². The fraction of sp³-hybridized carbons (Fsp3) is 0.182. The van der Waals surface area contributed by atoms with Crippen molar-refractivity contribution < 1.29 is 0 Å². The maximum atomic E-state index is 6.94. The molecule has 1 heterocycles. The molecule has 3 nitrogen and oxygen atoms in total. The standard InChI is InChI=1S/C11H11N3/c1-8(14-12)10-7-6-9-4-2-3-5-11(9)13-10/h2-8,12H,1H3. The van der Waals surface area contributed by atoms with E-state index in [0.29, 0.717) is 0 Å². The minimum atomic E-state index is -0.153. The van der Waals surface area contributed by atoms with Crippen molar-refractivity contribution in [3.8, 4) is 0 Å². The summed E-state index contributed by atoms with van der Waals surface area (Å²) in [5.41, 5.74) is 8.74. The number of fused-ring (bicyclic) bond motifs is 1. The summed E-state index contributed by atoms with van der Waals surface area (Å²) in [6.07, 6.45) is 0. The zero-order valence-corrected chi connectivity index (χ0v) is 7.94. The van der Waals surface area contributed by atoms with Crippen LogP contribution in [-0.4, -0.2) is 4.98 Å². The molecule has 14 heavy (non-hydrogen) atoms. The van der Waals surface area contributed by atoms with Crippen molar-refractivity contribution in [2.45, 2.75) is 13.0 Å².